The van der Waals surface area contributed by atoms with Gasteiger partial charge in [0.2, 0.25) is 0 Å². The van der Waals surface area contributed by atoms with E-state index in [1.807, 2.05) is 18.2 Å². The number of para-hydroxylation sites is 1. The van der Waals surface area contributed by atoms with Crippen LogP contribution in [0.15, 0.2) is 95.9 Å². The lowest BCUT2D eigenvalue weighted by molar-refractivity contribution is 0.0952. The van der Waals surface area contributed by atoms with E-state index in [1.54, 1.807) is 43.3 Å². The highest BCUT2D eigenvalue weighted by Crippen LogP contribution is 2.16. The van der Waals surface area contributed by atoms with Crippen LogP contribution in [0.2, 0.25) is 0 Å². The van der Waals surface area contributed by atoms with Crippen LogP contribution in [0.4, 0.5) is 0 Å². The summed E-state index contributed by atoms with van der Waals surface area (Å²) in [4.78, 5) is 25.8. The van der Waals surface area contributed by atoms with E-state index < -0.39 is 5.91 Å². The summed E-state index contributed by atoms with van der Waals surface area (Å²) in [7, 11) is 0. The molecular formula is C24H22N4O3. The molecule has 7 nitrogen and oxygen atoms in total. The number of aromatic amines is 1. The summed E-state index contributed by atoms with van der Waals surface area (Å²) in [5.41, 5.74) is 4.44. The van der Waals surface area contributed by atoms with Crippen LogP contribution >= 0.6 is 0 Å². The van der Waals surface area contributed by atoms with Crippen LogP contribution in [0.25, 0.3) is 5.70 Å². The van der Waals surface area contributed by atoms with Gasteiger partial charge in [-0.15, -0.1) is 0 Å². The predicted molar refractivity (Wildman–Crippen MR) is 122 cm³/mol. The van der Waals surface area contributed by atoms with E-state index in [9.17, 15) is 14.7 Å². The van der Waals surface area contributed by atoms with Crippen LogP contribution in [0.5, 0.6) is 5.75 Å². The fourth-order valence-electron chi connectivity index (χ4n) is 3.06. The zero-order valence-electron chi connectivity index (χ0n) is 17.0. The van der Waals surface area contributed by atoms with Crippen LogP contribution in [-0.4, -0.2) is 26.5 Å². The molecule has 156 valence electrons. The van der Waals surface area contributed by atoms with Crippen molar-refractivity contribution in [2.75, 3.05) is 0 Å². The molecule has 7 heteroatoms. The number of carbonyl (C=O) groups excluding carboxylic acids is 1. The van der Waals surface area contributed by atoms with Gasteiger partial charge in [-0.05, 0) is 31.2 Å². The predicted octanol–water partition coefficient (Wildman–Crippen LogP) is 3.59. The summed E-state index contributed by atoms with van der Waals surface area (Å²) in [6.07, 6.45) is 4.73. The molecular weight excluding hydrogens is 392 g/mol. The molecule has 31 heavy (non-hydrogen) atoms. The highest BCUT2D eigenvalue weighted by atomic mass is 16.3. The molecule has 1 amide bonds. The first-order valence-electron chi connectivity index (χ1n) is 9.47. The Hall–Kier alpha value is -4.39. The number of aromatic nitrogens is 2. The minimum absolute atomic E-state index is 0.0738. The number of aromatic hydroxyl groups is 1. The van der Waals surface area contributed by atoms with E-state index in [2.05, 4.69) is 28.8 Å². The lowest BCUT2D eigenvalue weighted by atomic mass is 10.0. The van der Waals surface area contributed by atoms with E-state index in [4.69, 9.17) is 0 Å². The summed E-state index contributed by atoms with van der Waals surface area (Å²) in [6.45, 7) is 9.13. The highest BCUT2D eigenvalue weighted by molar-refractivity contribution is 6.14. The Bertz CT molecular complexity index is 1250. The molecule has 3 N–H and O–H groups in total. The number of aryl methyl sites for hydroxylation is 1. The Morgan fingerprint density at radius 3 is 2.45 bits per heavy atom. The van der Waals surface area contributed by atoms with E-state index in [-0.39, 0.29) is 22.6 Å². The summed E-state index contributed by atoms with van der Waals surface area (Å²) in [5, 5.41) is 17.2. The number of hydrazone groups is 1. The van der Waals surface area contributed by atoms with Crippen molar-refractivity contribution in [3.63, 3.8) is 0 Å². The van der Waals surface area contributed by atoms with Gasteiger partial charge in [0.15, 0.2) is 0 Å². The van der Waals surface area contributed by atoms with Gasteiger partial charge in [-0.25, -0.2) is 10.1 Å². The molecule has 0 aliphatic heterocycles. The van der Waals surface area contributed by atoms with E-state index in [1.165, 1.54) is 22.9 Å². The SMILES string of the molecule is C=C/C=C(\C=C)n1[nH]c(C)c(/C(=N/NC(=O)c2ccccc2O)c2ccccc2)c1=O. The molecule has 0 radical (unpaired) electrons. The molecule has 1 heterocycles. The van der Waals surface area contributed by atoms with Crippen LogP contribution < -0.4 is 11.0 Å². The largest absolute Gasteiger partial charge is 0.507 e. The summed E-state index contributed by atoms with van der Waals surface area (Å²) >= 11 is 0. The molecule has 0 aliphatic carbocycles. The highest BCUT2D eigenvalue weighted by Gasteiger charge is 2.20. The van der Waals surface area contributed by atoms with Gasteiger partial charge in [0.25, 0.3) is 11.5 Å². The Balaban J connectivity index is 2.12. The second-order valence-electron chi connectivity index (χ2n) is 6.57. The lowest BCUT2D eigenvalue weighted by Gasteiger charge is -2.07. The van der Waals surface area contributed by atoms with Crippen LogP contribution in [0, 0.1) is 6.92 Å². The topological polar surface area (TPSA) is 99.5 Å². The third kappa shape index (κ3) is 4.45. The molecule has 0 spiro atoms. The number of phenols is 1. The number of nitrogens with zero attached hydrogens (tertiary/aromatic N) is 2. The standard InChI is InChI=1S/C24H22N4O3/c1-4-11-18(5-2)28-24(31)21(16(3)27-28)22(17-12-7-6-8-13-17)25-26-23(30)19-14-9-10-15-20(19)29/h4-15,27,29H,1-2H2,3H3,(H,26,30)/b18-11+,25-22+. The number of amides is 1. The molecule has 3 rings (SSSR count). The number of hydrogen-bond acceptors (Lipinski definition) is 4. The molecule has 0 aliphatic rings. The Morgan fingerprint density at radius 1 is 1.13 bits per heavy atom. The molecule has 3 aromatic rings. The maximum atomic E-state index is 13.2. The van der Waals surface area contributed by atoms with Gasteiger partial charge in [-0.3, -0.25) is 14.7 Å². The van der Waals surface area contributed by atoms with Crippen LogP contribution in [-0.2, 0) is 0 Å². The Morgan fingerprint density at radius 2 is 1.81 bits per heavy atom. The number of benzene rings is 2. The number of carbonyl (C=O) groups is 1. The van der Waals surface area contributed by atoms with Crippen molar-refractivity contribution in [2.24, 2.45) is 5.10 Å². The van der Waals surface area contributed by atoms with E-state index >= 15 is 0 Å². The number of phenolic OH excluding ortho intramolecular Hbond substituents is 1. The molecule has 0 saturated carbocycles. The molecule has 0 atom stereocenters. The van der Waals surface area contributed by atoms with Crippen molar-refractivity contribution in [1.29, 1.82) is 0 Å². The molecule has 0 fully saturated rings. The average Bonchev–Trinajstić information content (AvgIpc) is 3.07. The molecule has 0 saturated heterocycles. The third-order valence-electron chi connectivity index (χ3n) is 4.53. The van der Waals surface area contributed by atoms with Crippen molar-refractivity contribution < 1.29 is 9.90 Å². The summed E-state index contributed by atoms with van der Waals surface area (Å²) in [6, 6.07) is 15.2. The minimum atomic E-state index is -0.599. The van der Waals surface area contributed by atoms with Crippen molar-refractivity contribution in [2.45, 2.75) is 6.92 Å². The van der Waals surface area contributed by atoms with Gasteiger partial charge < -0.3 is 5.11 Å². The van der Waals surface area contributed by atoms with Crippen molar-refractivity contribution in [3.05, 3.63) is 119 Å². The van der Waals surface area contributed by atoms with Crippen molar-refractivity contribution >= 4 is 17.3 Å². The molecule has 0 bridgehead atoms. The fourth-order valence-corrected chi connectivity index (χ4v) is 3.06. The maximum absolute atomic E-state index is 13.2. The Kier molecular flexibility index (Phi) is 6.47. The zero-order valence-corrected chi connectivity index (χ0v) is 17.0. The third-order valence-corrected chi connectivity index (χ3v) is 4.53. The number of allylic oxidation sites excluding steroid dienone is 4. The van der Waals surface area contributed by atoms with Gasteiger partial charge in [0.1, 0.15) is 11.5 Å². The van der Waals surface area contributed by atoms with Gasteiger partial charge in [0, 0.05) is 11.3 Å². The zero-order chi connectivity index (χ0) is 22.4. The van der Waals surface area contributed by atoms with E-state index in [0.29, 0.717) is 22.5 Å². The quantitative estimate of drug-likeness (QED) is 0.313. The first kappa shape index (κ1) is 21.3. The van der Waals surface area contributed by atoms with Gasteiger partial charge >= 0.3 is 0 Å². The number of rotatable bonds is 7. The van der Waals surface area contributed by atoms with Gasteiger partial charge in [-0.1, -0.05) is 61.7 Å². The smallest absolute Gasteiger partial charge is 0.281 e. The van der Waals surface area contributed by atoms with Crippen LogP contribution in [0.1, 0.15) is 27.2 Å². The molecule has 1 aromatic heterocycles. The maximum Gasteiger partial charge on any atom is 0.281 e. The van der Waals surface area contributed by atoms with Gasteiger partial charge in [0.05, 0.1) is 16.8 Å². The number of nitrogens with one attached hydrogen (secondary N) is 2. The van der Waals surface area contributed by atoms with Crippen molar-refractivity contribution in [3.8, 4) is 5.75 Å². The second kappa shape index (κ2) is 9.41. The molecule has 2 aromatic carbocycles. The van der Waals surface area contributed by atoms with Crippen LogP contribution in [0.3, 0.4) is 0 Å². The summed E-state index contributed by atoms with van der Waals surface area (Å²) < 4.78 is 1.34. The monoisotopic (exact) mass is 414 g/mol. The fraction of sp³-hybridized carbons (Fsp3) is 0.0417. The minimum Gasteiger partial charge on any atom is -0.507 e. The van der Waals surface area contributed by atoms with E-state index in [0.717, 1.165) is 0 Å². The lowest BCUT2D eigenvalue weighted by Crippen LogP contribution is -2.25. The number of hydrogen-bond donors (Lipinski definition) is 3. The summed E-state index contributed by atoms with van der Waals surface area (Å²) in [5.74, 6) is -0.764. The second-order valence-corrected chi connectivity index (χ2v) is 6.57. The number of H-pyrrole nitrogens is 1. The average molecular weight is 414 g/mol. The molecule has 0 unspecified atom stereocenters. The normalized spacial score (nSPS) is 11.8. The van der Waals surface area contributed by atoms with Gasteiger partial charge in [-0.2, -0.15) is 5.10 Å². The first-order valence-corrected chi connectivity index (χ1v) is 9.47. The van der Waals surface area contributed by atoms with Crippen molar-refractivity contribution in [1.82, 2.24) is 15.2 Å². The Labute approximate surface area is 179 Å². The first-order chi connectivity index (χ1) is 15.0.